The summed E-state index contributed by atoms with van der Waals surface area (Å²) in [5.74, 6) is 0.610. The number of rotatable bonds is 11. The zero-order valence-corrected chi connectivity index (χ0v) is 21.3. The molecule has 34 heavy (non-hydrogen) atoms. The minimum Gasteiger partial charge on any atom is -0.334 e. The van der Waals surface area contributed by atoms with E-state index in [1.54, 1.807) is 6.92 Å². The smallest absolute Gasteiger partial charge is 0.317 e. The predicted molar refractivity (Wildman–Crippen MR) is 141 cm³/mol. The van der Waals surface area contributed by atoms with Gasteiger partial charge in [-0.15, -0.1) is 0 Å². The summed E-state index contributed by atoms with van der Waals surface area (Å²) in [6.07, 6.45) is 1.59. The van der Waals surface area contributed by atoms with Gasteiger partial charge in [0.05, 0.1) is 0 Å². The molecule has 2 aromatic carbocycles. The molecule has 0 aromatic heterocycles. The molecule has 6 nitrogen and oxygen atoms in total. The number of amides is 2. The normalized spacial score (nSPS) is 15.6. The lowest BCUT2D eigenvalue weighted by molar-refractivity contribution is -0.109. The molecule has 2 aromatic rings. The Morgan fingerprint density at radius 3 is 2.18 bits per heavy atom. The van der Waals surface area contributed by atoms with Gasteiger partial charge in [-0.2, -0.15) is 0 Å². The summed E-state index contributed by atoms with van der Waals surface area (Å²) < 4.78 is 0. The number of thioether (sulfide) groups is 1. The maximum absolute atomic E-state index is 13.4. The lowest BCUT2D eigenvalue weighted by Crippen LogP contribution is -2.53. The fourth-order valence-corrected chi connectivity index (χ4v) is 4.79. The lowest BCUT2D eigenvalue weighted by Gasteiger charge is -2.35. The van der Waals surface area contributed by atoms with E-state index in [4.69, 9.17) is 0 Å². The van der Waals surface area contributed by atoms with Gasteiger partial charge in [0, 0.05) is 64.5 Å². The van der Waals surface area contributed by atoms with Crippen molar-refractivity contribution in [3.8, 4) is 0 Å². The fourth-order valence-electron chi connectivity index (χ4n) is 4.19. The Labute approximate surface area is 208 Å². The quantitative estimate of drug-likeness (QED) is 0.532. The summed E-state index contributed by atoms with van der Waals surface area (Å²) in [5.41, 5.74) is 2.43. The van der Waals surface area contributed by atoms with Gasteiger partial charge in [0.15, 0.2) is 5.12 Å². The molecule has 1 N–H and O–H groups in total. The van der Waals surface area contributed by atoms with Crippen LogP contribution in [0.4, 0.5) is 4.79 Å². The number of carbonyl (C=O) groups excluding carboxylic acids is 2. The average molecular weight is 483 g/mol. The highest BCUT2D eigenvalue weighted by Gasteiger charge is 2.23. The maximum atomic E-state index is 13.4. The third-order valence-electron chi connectivity index (χ3n) is 6.19. The van der Waals surface area contributed by atoms with Crippen LogP contribution in [0, 0.1) is 0 Å². The highest BCUT2D eigenvalue weighted by molar-refractivity contribution is 8.13. The molecule has 0 unspecified atom stereocenters. The van der Waals surface area contributed by atoms with E-state index in [0.29, 0.717) is 18.8 Å². The Bertz CT molecular complexity index is 873. The van der Waals surface area contributed by atoms with E-state index in [2.05, 4.69) is 58.6 Å². The summed E-state index contributed by atoms with van der Waals surface area (Å²) in [6, 6.07) is 20.6. The fraction of sp³-hybridized carbons (Fsp3) is 0.481. The van der Waals surface area contributed by atoms with Crippen LogP contribution in [-0.4, -0.2) is 90.5 Å². The molecule has 3 rings (SSSR count). The molecular formula is C27H38N4O2S. The number of urea groups is 1. The van der Waals surface area contributed by atoms with Crippen molar-refractivity contribution in [3.05, 3.63) is 71.8 Å². The number of nitrogens with zero attached hydrogens (tertiary/aromatic N) is 3. The molecule has 0 bridgehead atoms. The molecule has 1 aliphatic heterocycles. The van der Waals surface area contributed by atoms with E-state index < -0.39 is 0 Å². The standard InChI is InChI=1S/C27H38N4O2S/c1-23(32)34-20-19-31(14-13-24-9-5-3-6-10-24)27(33)28-26(21-25-11-7-4-8-12-25)22-30-17-15-29(2)16-18-30/h3-12,26H,13-22H2,1-2H3,(H,28,33)/t26-/m0/s1. The topological polar surface area (TPSA) is 55.9 Å². The Hall–Kier alpha value is -2.35. The number of nitrogens with one attached hydrogen (secondary N) is 1. The largest absolute Gasteiger partial charge is 0.334 e. The number of hydrogen-bond acceptors (Lipinski definition) is 5. The first-order valence-electron chi connectivity index (χ1n) is 12.2. The predicted octanol–water partition coefficient (Wildman–Crippen LogP) is 3.38. The average Bonchev–Trinajstić information content (AvgIpc) is 2.83. The molecule has 1 fully saturated rings. The highest BCUT2D eigenvalue weighted by atomic mass is 32.2. The van der Waals surface area contributed by atoms with Gasteiger partial charge in [0.1, 0.15) is 0 Å². The van der Waals surface area contributed by atoms with Crippen molar-refractivity contribution in [1.82, 2.24) is 20.0 Å². The van der Waals surface area contributed by atoms with Crippen molar-refractivity contribution < 1.29 is 9.59 Å². The van der Waals surface area contributed by atoms with Crippen LogP contribution in [0.1, 0.15) is 18.1 Å². The first kappa shape index (κ1) is 26.3. The number of piperazine rings is 1. The third kappa shape index (κ3) is 9.49. The van der Waals surface area contributed by atoms with Crippen LogP contribution in [0.2, 0.25) is 0 Å². The van der Waals surface area contributed by atoms with Gasteiger partial charge in [-0.05, 0) is 31.0 Å². The minimum absolute atomic E-state index is 0.0259. The Morgan fingerprint density at radius 1 is 0.941 bits per heavy atom. The summed E-state index contributed by atoms with van der Waals surface area (Å²) in [6.45, 7) is 7.73. The second-order valence-electron chi connectivity index (χ2n) is 9.00. The Morgan fingerprint density at radius 2 is 1.56 bits per heavy atom. The molecule has 1 heterocycles. The van der Waals surface area contributed by atoms with Crippen molar-refractivity contribution in [2.75, 3.05) is 58.6 Å². The molecule has 184 valence electrons. The van der Waals surface area contributed by atoms with Crippen molar-refractivity contribution in [3.63, 3.8) is 0 Å². The monoisotopic (exact) mass is 482 g/mol. The van der Waals surface area contributed by atoms with Crippen LogP contribution in [-0.2, 0) is 17.6 Å². The van der Waals surface area contributed by atoms with Gasteiger partial charge in [-0.1, -0.05) is 72.4 Å². The SMILES string of the molecule is CC(=O)SCCN(CCc1ccccc1)C(=O)N[C@@H](Cc1ccccc1)CN1CCN(C)CC1. The van der Waals surface area contributed by atoms with Crippen molar-refractivity contribution in [2.24, 2.45) is 0 Å². The number of hydrogen-bond donors (Lipinski definition) is 1. The molecule has 0 aliphatic carbocycles. The Kier molecular flexibility index (Phi) is 10.9. The van der Waals surface area contributed by atoms with E-state index in [9.17, 15) is 9.59 Å². The second kappa shape index (κ2) is 14.1. The molecule has 2 amide bonds. The van der Waals surface area contributed by atoms with E-state index in [-0.39, 0.29) is 17.2 Å². The van der Waals surface area contributed by atoms with Crippen LogP contribution in [0.5, 0.6) is 0 Å². The van der Waals surface area contributed by atoms with Crippen LogP contribution in [0.25, 0.3) is 0 Å². The first-order valence-corrected chi connectivity index (χ1v) is 13.2. The zero-order chi connectivity index (χ0) is 24.2. The molecule has 0 radical (unpaired) electrons. The van der Waals surface area contributed by atoms with Gasteiger partial charge in [0.2, 0.25) is 0 Å². The van der Waals surface area contributed by atoms with Crippen molar-refractivity contribution >= 4 is 22.9 Å². The third-order valence-corrected chi connectivity index (χ3v) is 6.99. The lowest BCUT2D eigenvalue weighted by atomic mass is 10.1. The van der Waals surface area contributed by atoms with Gasteiger partial charge in [0.25, 0.3) is 0 Å². The summed E-state index contributed by atoms with van der Waals surface area (Å²) >= 11 is 1.28. The number of likely N-dealkylation sites (N-methyl/N-ethyl adjacent to an activating group) is 1. The maximum Gasteiger partial charge on any atom is 0.317 e. The molecule has 0 spiro atoms. The molecule has 7 heteroatoms. The Balaban J connectivity index is 1.65. The van der Waals surface area contributed by atoms with Crippen LogP contribution in [0.3, 0.4) is 0 Å². The van der Waals surface area contributed by atoms with Crippen molar-refractivity contribution in [2.45, 2.75) is 25.8 Å². The second-order valence-corrected chi connectivity index (χ2v) is 10.3. The molecule has 0 saturated carbocycles. The summed E-state index contributed by atoms with van der Waals surface area (Å²) in [4.78, 5) is 31.5. The van der Waals surface area contributed by atoms with Crippen LogP contribution < -0.4 is 5.32 Å². The van der Waals surface area contributed by atoms with E-state index in [1.807, 2.05) is 29.2 Å². The van der Waals surface area contributed by atoms with E-state index >= 15 is 0 Å². The minimum atomic E-state index is -0.0462. The molecular weight excluding hydrogens is 444 g/mol. The zero-order valence-electron chi connectivity index (χ0n) is 20.5. The highest BCUT2D eigenvalue weighted by Crippen LogP contribution is 2.10. The van der Waals surface area contributed by atoms with Crippen molar-refractivity contribution in [1.29, 1.82) is 0 Å². The summed E-state index contributed by atoms with van der Waals surface area (Å²) in [7, 11) is 2.16. The van der Waals surface area contributed by atoms with Gasteiger partial charge in [-0.25, -0.2) is 4.79 Å². The van der Waals surface area contributed by atoms with Gasteiger partial charge >= 0.3 is 6.03 Å². The first-order chi connectivity index (χ1) is 16.5. The van der Waals surface area contributed by atoms with Crippen LogP contribution in [0.15, 0.2) is 60.7 Å². The molecule has 1 saturated heterocycles. The number of benzene rings is 2. The molecule has 1 aliphatic rings. The van der Waals surface area contributed by atoms with E-state index in [0.717, 1.165) is 45.6 Å². The summed E-state index contributed by atoms with van der Waals surface area (Å²) in [5, 5.41) is 3.42. The van der Waals surface area contributed by atoms with Gasteiger partial charge in [-0.3, -0.25) is 9.69 Å². The van der Waals surface area contributed by atoms with E-state index in [1.165, 1.54) is 22.9 Å². The van der Waals surface area contributed by atoms with Crippen LogP contribution >= 0.6 is 11.8 Å². The van der Waals surface area contributed by atoms with Gasteiger partial charge < -0.3 is 15.1 Å². The molecule has 1 atom stereocenters. The number of carbonyl (C=O) groups is 2.